The lowest BCUT2D eigenvalue weighted by Crippen LogP contribution is -2.03. The molecule has 4 rings (SSSR count). The van der Waals surface area contributed by atoms with Gasteiger partial charge in [0.15, 0.2) is 0 Å². The molecule has 0 radical (unpaired) electrons. The molecule has 0 saturated heterocycles. The van der Waals surface area contributed by atoms with E-state index in [0.29, 0.717) is 16.8 Å². The number of benzene rings is 1. The Morgan fingerprint density at radius 3 is 2.69 bits per heavy atom. The molecule has 0 aliphatic heterocycles. The Hall–Kier alpha value is -3.54. The van der Waals surface area contributed by atoms with E-state index in [1.807, 2.05) is 24.3 Å². The number of hydrogen-bond donors (Lipinski definition) is 1. The highest BCUT2D eigenvalue weighted by molar-refractivity contribution is 5.86. The summed E-state index contributed by atoms with van der Waals surface area (Å²) < 4.78 is 15.1. The molecule has 0 aliphatic rings. The van der Waals surface area contributed by atoms with E-state index in [1.54, 1.807) is 31.5 Å². The molecule has 0 aliphatic carbocycles. The molecule has 1 aromatic carbocycles. The third-order valence-electron chi connectivity index (χ3n) is 4.27. The predicted molar refractivity (Wildman–Crippen MR) is 95.5 cm³/mol. The molecule has 0 unspecified atom stereocenters. The van der Waals surface area contributed by atoms with Crippen LogP contribution in [0.25, 0.3) is 27.9 Å². The topological polar surface area (TPSA) is 67.5 Å². The van der Waals surface area contributed by atoms with Gasteiger partial charge in [0.1, 0.15) is 5.82 Å². The Kier molecular flexibility index (Phi) is 3.73. The number of halogens is 1. The first-order valence-corrected chi connectivity index (χ1v) is 7.97. The minimum atomic E-state index is -1.09. The highest BCUT2D eigenvalue weighted by Gasteiger charge is 2.14. The van der Waals surface area contributed by atoms with Gasteiger partial charge in [-0.3, -0.25) is 9.38 Å². The SMILES string of the molecule is Cc1cc(-c2ncccc2-c2ccc3cnc(C(=O)O)n3c2)ccc1F. The standard InChI is InChI=1S/C20H14FN3O2/c1-12-9-13(5-7-17(12)21)18-16(3-2-8-22-18)14-4-6-15-10-23-19(20(25)26)24(15)11-14/h2-11H,1H3,(H,25,26). The molecular weight excluding hydrogens is 333 g/mol. The van der Waals surface area contributed by atoms with Crippen molar-refractivity contribution in [1.29, 1.82) is 0 Å². The number of aromatic carboxylic acids is 1. The summed E-state index contributed by atoms with van der Waals surface area (Å²) in [5.41, 5.74) is 4.34. The van der Waals surface area contributed by atoms with Crippen molar-refractivity contribution in [1.82, 2.24) is 14.4 Å². The predicted octanol–water partition coefficient (Wildman–Crippen LogP) is 4.21. The summed E-state index contributed by atoms with van der Waals surface area (Å²) in [4.78, 5) is 19.7. The molecule has 0 saturated carbocycles. The van der Waals surface area contributed by atoms with E-state index >= 15 is 0 Å². The molecule has 0 amide bonds. The first kappa shape index (κ1) is 16.0. The van der Waals surface area contributed by atoms with Gasteiger partial charge in [-0.05, 0) is 42.8 Å². The summed E-state index contributed by atoms with van der Waals surface area (Å²) in [6, 6.07) is 12.3. The molecular formula is C20H14FN3O2. The lowest BCUT2D eigenvalue weighted by Gasteiger charge is -2.11. The molecule has 3 aromatic heterocycles. The van der Waals surface area contributed by atoms with Crippen molar-refractivity contribution in [3.8, 4) is 22.4 Å². The van der Waals surface area contributed by atoms with Gasteiger partial charge in [0.2, 0.25) is 5.82 Å². The molecule has 6 heteroatoms. The molecule has 26 heavy (non-hydrogen) atoms. The van der Waals surface area contributed by atoms with Crippen LogP contribution in [0, 0.1) is 12.7 Å². The average molecular weight is 347 g/mol. The Morgan fingerprint density at radius 2 is 1.92 bits per heavy atom. The number of hydrogen-bond acceptors (Lipinski definition) is 3. The van der Waals surface area contributed by atoms with Crippen molar-refractivity contribution in [2.24, 2.45) is 0 Å². The van der Waals surface area contributed by atoms with Crippen molar-refractivity contribution >= 4 is 11.5 Å². The second kappa shape index (κ2) is 6.07. The summed E-state index contributed by atoms with van der Waals surface area (Å²) in [7, 11) is 0. The van der Waals surface area contributed by atoms with Crippen LogP contribution in [-0.2, 0) is 0 Å². The van der Waals surface area contributed by atoms with Crippen LogP contribution in [-0.4, -0.2) is 25.4 Å². The minimum Gasteiger partial charge on any atom is -0.475 e. The average Bonchev–Trinajstić information content (AvgIpc) is 3.07. The number of aromatic nitrogens is 3. The minimum absolute atomic E-state index is 0.0510. The highest BCUT2D eigenvalue weighted by Crippen LogP contribution is 2.31. The summed E-state index contributed by atoms with van der Waals surface area (Å²) >= 11 is 0. The second-order valence-corrected chi connectivity index (χ2v) is 5.96. The third-order valence-corrected chi connectivity index (χ3v) is 4.27. The summed E-state index contributed by atoms with van der Waals surface area (Å²) in [5, 5.41) is 9.29. The zero-order valence-corrected chi connectivity index (χ0v) is 13.8. The number of nitrogens with zero attached hydrogens (tertiary/aromatic N) is 3. The Bertz CT molecular complexity index is 1150. The van der Waals surface area contributed by atoms with Crippen LogP contribution in [0.1, 0.15) is 16.2 Å². The van der Waals surface area contributed by atoms with Crippen LogP contribution in [0.4, 0.5) is 4.39 Å². The van der Waals surface area contributed by atoms with Crippen LogP contribution in [0.2, 0.25) is 0 Å². The second-order valence-electron chi connectivity index (χ2n) is 5.96. The smallest absolute Gasteiger partial charge is 0.372 e. The van der Waals surface area contributed by atoms with E-state index in [1.165, 1.54) is 16.7 Å². The van der Waals surface area contributed by atoms with Crippen LogP contribution >= 0.6 is 0 Å². The quantitative estimate of drug-likeness (QED) is 0.603. The van der Waals surface area contributed by atoms with Crippen molar-refractivity contribution in [2.75, 3.05) is 0 Å². The van der Waals surface area contributed by atoms with Gasteiger partial charge in [0.25, 0.3) is 0 Å². The van der Waals surface area contributed by atoms with Crippen molar-refractivity contribution < 1.29 is 14.3 Å². The van der Waals surface area contributed by atoms with Crippen LogP contribution in [0.3, 0.4) is 0 Å². The number of rotatable bonds is 3. The van der Waals surface area contributed by atoms with Crippen molar-refractivity contribution in [3.63, 3.8) is 0 Å². The molecule has 0 spiro atoms. The third kappa shape index (κ3) is 2.61. The van der Waals surface area contributed by atoms with Gasteiger partial charge in [-0.15, -0.1) is 0 Å². The summed E-state index contributed by atoms with van der Waals surface area (Å²) in [6.45, 7) is 1.71. The van der Waals surface area contributed by atoms with E-state index in [0.717, 1.165) is 16.7 Å². The largest absolute Gasteiger partial charge is 0.475 e. The van der Waals surface area contributed by atoms with E-state index in [4.69, 9.17) is 0 Å². The number of carboxylic acids is 1. The van der Waals surface area contributed by atoms with Crippen LogP contribution in [0.15, 0.2) is 61.1 Å². The lowest BCUT2D eigenvalue weighted by atomic mass is 9.99. The van der Waals surface area contributed by atoms with E-state index < -0.39 is 5.97 Å². The maximum Gasteiger partial charge on any atom is 0.372 e. The van der Waals surface area contributed by atoms with Crippen molar-refractivity contribution in [3.05, 3.63) is 78.3 Å². The number of carboxylic acid groups (broad SMARTS) is 1. The first-order valence-electron chi connectivity index (χ1n) is 7.97. The van der Waals surface area contributed by atoms with E-state index in [2.05, 4.69) is 9.97 Å². The molecule has 0 bridgehead atoms. The normalized spacial score (nSPS) is 11.0. The zero-order valence-electron chi connectivity index (χ0n) is 13.8. The summed E-state index contributed by atoms with van der Waals surface area (Å²) in [5.74, 6) is -1.41. The van der Waals surface area contributed by atoms with Gasteiger partial charge in [0.05, 0.1) is 17.4 Å². The fourth-order valence-electron chi connectivity index (χ4n) is 2.97. The fraction of sp³-hybridized carbons (Fsp3) is 0.0500. The Morgan fingerprint density at radius 1 is 1.12 bits per heavy atom. The zero-order chi connectivity index (χ0) is 18.3. The molecule has 3 heterocycles. The molecule has 0 atom stereocenters. The van der Waals surface area contributed by atoms with Crippen LogP contribution < -0.4 is 0 Å². The number of imidazole rings is 1. The van der Waals surface area contributed by atoms with Gasteiger partial charge in [-0.2, -0.15) is 0 Å². The maximum absolute atomic E-state index is 13.6. The number of carbonyl (C=O) groups is 1. The number of pyridine rings is 2. The molecule has 1 N–H and O–H groups in total. The molecule has 128 valence electrons. The van der Waals surface area contributed by atoms with Crippen molar-refractivity contribution in [2.45, 2.75) is 6.92 Å². The van der Waals surface area contributed by atoms with Gasteiger partial charge in [0, 0.05) is 29.1 Å². The van der Waals surface area contributed by atoms with E-state index in [-0.39, 0.29) is 11.6 Å². The van der Waals surface area contributed by atoms with E-state index in [9.17, 15) is 14.3 Å². The highest BCUT2D eigenvalue weighted by atomic mass is 19.1. The summed E-state index contributed by atoms with van der Waals surface area (Å²) in [6.07, 6.45) is 4.92. The lowest BCUT2D eigenvalue weighted by molar-refractivity contribution is 0.0683. The van der Waals surface area contributed by atoms with Gasteiger partial charge < -0.3 is 5.11 Å². The van der Waals surface area contributed by atoms with Gasteiger partial charge in [-0.25, -0.2) is 14.2 Å². The van der Waals surface area contributed by atoms with Crippen LogP contribution in [0.5, 0.6) is 0 Å². The maximum atomic E-state index is 13.6. The molecule has 5 nitrogen and oxygen atoms in total. The molecule has 4 aromatic rings. The van der Waals surface area contributed by atoms with Gasteiger partial charge in [-0.1, -0.05) is 12.1 Å². The number of aryl methyl sites for hydroxylation is 1. The van der Waals surface area contributed by atoms with Gasteiger partial charge >= 0.3 is 5.97 Å². The monoisotopic (exact) mass is 347 g/mol. The molecule has 0 fully saturated rings. The fourth-order valence-corrected chi connectivity index (χ4v) is 2.97. The number of fused-ring (bicyclic) bond motifs is 1. The Labute approximate surface area is 148 Å². The Balaban J connectivity index is 1.91. The first-order chi connectivity index (χ1) is 12.5.